The van der Waals surface area contributed by atoms with Crippen LogP contribution >= 0.6 is 0 Å². The molecule has 3 aromatic carbocycles. The van der Waals surface area contributed by atoms with Crippen molar-refractivity contribution in [1.82, 2.24) is 19.6 Å². The maximum absolute atomic E-state index is 14.5. The lowest BCUT2D eigenvalue weighted by molar-refractivity contribution is -0.142. The fourth-order valence-corrected chi connectivity index (χ4v) is 6.79. The average Bonchev–Trinajstić information content (AvgIpc) is 3.74. The van der Waals surface area contributed by atoms with Gasteiger partial charge in [-0.1, -0.05) is 62.4 Å². The van der Waals surface area contributed by atoms with E-state index in [9.17, 15) is 18.0 Å². The van der Waals surface area contributed by atoms with Crippen molar-refractivity contribution in [3.05, 3.63) is 119 Å². The molecule has 50 heavy (non-hydrogen) atoms. The van der Waals surface area contributed by atoms with Gasteiger partial charge in [-0.3, -0.25) is 4.79 Å². The number of amides is 1. The third-order valence-corrected chi connectivity index (χ3v) is 9.43. The van der Waals surface area contributed by atoms with Gasteiger partial charge in [0.25, 0.3) is 5.91 Å². The first kappa shape index (κ1) is 33.1. The summed E-state index contributed by atoms with van der Waals surface area (Å²) in [5.74, 6) is 0.928. The van der Waals surface area contributed by atoms with Crippen LogP contribution in [0.5, 0.6) is 11.5 Å². The van der Waals surface area contributed by atoms with Crippen molar-refractivity contribution in [3.8, 4) is 22.8 Å². The summed E-state index contributed by atoms with van der Waals surface area (Å²) in [5.41, 5.74) is 4.02. The van der Waals surface area contributed by atoms with E-state index in [-0.39, 0.29) is 28.9 Å². The number of benzene rings is 3. The molecule has 1 amide bonds. The number of methoxy groups -OCH3 is 2. The van der Waals surface area contributed by atoms with Crippen LogP contribution in [-0.2, 0) is 6.18 Å². The molecule has 1 fully saturated rings. The summed E-state index contributed by atoms with van der Waals surface area (Å²) in [5, 5.41) is 10.5. The predicted octanol–water partition coefficient (Wildman–Crippen LogP) is 8.99. The van der Waals surface area contributed by atoms with Crippen molar-refractivity contribution in [3.63, 3.8) is 0 Å². The van der Waals surface area contributed by atoms with E-state index in [1.165, 1.54) is 11.1 Å². The Morgan fingerprint density at radius 2 is 1.58 bits per heavy atom. The second-order valence-corrected chi connectivity index (χ2v) is 12.9. The Hall–Kier alpha value is -5.45. The molecule has 3 heterocycles. The lowest BCUT2D eigenvalue weighted by Gasteiger charge is -2.29. The normalized spacial score (nSPS) is 18.4. The van der Waals surface area contributed by atoms with Gasteiger partial charge in [-0.2, -0.15) is 23.4 Å². The maximum Gasteiger partial charge on any atom is 0.433 e. The van der Waals surface area contributed by atoms with Crippen molar-refractivity contribution >= 4 is 23.3 Å². The topological polar surface area (TPSA) is 81.3 Å². The summed E-state index contributed by atoms with van der Waals surface area (Å²) in [6, 6.07) is 24.2. The summed E-state index contributed by atoms with van der Waals surface area (Å²) in [6.07, 6.45) is -0.247. The molecule has 1 aliphatic heterocycles. The SMILES string of the molecule is COc1ccc(/C=C2/CCC[C@@H]3C2=NN(C(=O)c2cc4nc(-c5ccc(C(C)C)cc5)cc(C(F)(F)F)n4n2)[C@@H]3c2ccc(OC)cc2)cc1. The minimum atomic E-state index is -4.75. The van der Waals surface area contributed by atoms with Crippen LogP contribution in [0.1, 0.15) is 77.9 Å². The van der Waals surface area contributed by atoms with Crippen molar-refractivity contribution in [2.75, 3.05) is 14.2 Å². The van der Waals surface area contributed by atoms with E-state index in [4.69, 9.17) is 14.6 Å². The Morgan fingerprint density at radius 1 is 0.920 bits per heavy atom. The number of hydrazone groups is 1. The summed E-state index contributed by atoms with van der Waals surface area (Å²) in [6.45, 7) is 4.09. The van der Waals surface area contributed by atoms with Crippen LogP contribution in [0.2, 0.25) is 0 Å². The third kappa shape index (κ3) is 6.23. The summed E-state index contributed by atoms with van der Waals surface area (Å²) < 4.78 is 54.8. The molecule has 1 aliphatic carbocycles. The molecule has 2 atom stereocenters. The van der Waals surface area contributed by atoms with Gasteiger partial charge in [0.15, 0.2) is 17.0 Å². The van der Waals surface area contributed by atoms with Crippen LogP contribution in [0.15, 0.2) is 95.6 Å². The van der Waals surface area contributed by atoms with E-state index in [2.05, 4.69) is 16.2 Å². The van der Waals surface area contributed by atoms with E-state index in [0.29, 0.717) is 15.8 Å². The Kier molecular flexibility index (Phi) is 8.67. The van der Waals surface area contributed by atoms with Gasteiger partial charge in [0.1, 0.15) is 11.5 Å². The molecule has 256 valence electrons. The number of carbonyl (C=O) groups excluding carboxylic acids is 1. The van der Waals surface area contributed by atoms with E-state index < -0.39 is 23.8 Å². The van der Waals surface area contributed by atoms with E-state index in [0.717, 1.165) is 59.1 Å². The molecule has 0 N–H and O–H groups in total. The highest BCUT2D eigenvalue weighted by molar-refractivity contribution is 6.09. The largest absolute Gasteiger partial charge is 0.497 e. The Balaban J connectivity index is 1.31. The molecule has 0 saturated heterocycles. The molecule has 2 aliphatic rings. The molecule has 2 aromatic heterocycles. The first-order valence-corrected chi connectivity index (χ1v) is 16.5. The molecular weight excluding hydrogens is 643 g/mol. The zero-order valence-electron chi connectivity index (χ0n) is 28.1. The van der Waals surface area contributed by atoms with Gasteiger partial charge in [-0.15, -0.1) is 0 Å². The first-order chi connectivity index (χ1) is 24.0. The quantitative estimate of drug-likeness (QED) is 0.172. The Bertz CT molecular complexity index is 2100. The van der Waals surface area contributed by atoms with E-state index in [1.54, 1.807) is 26.4 Å². The van der Waals surface area contributed by atoms with Crippen LogP contribution in [0.25, 0.3) is 23.0 Å². The fraction of sp³-hybridized carbons (Fsp3) is 0.282. The van der Waals surface area contributed by atoms with Gasteiger partial charge in [-0.05, 0) is 83.9 Å². The second-order valence-electron chi connectivity index (χ2n) is 12.9. The molecule has 0 bridgehead atoms. The molecule has 8 nitrogen and oxygen atoms in total. The lowest BCUT2D eigenvalue weighted by Crippen LogP contribution is -2.32. The van der Waals surface area contributed by atoms with Crippen LogP contribution in [0.4, 0.5) is 13.2 Å². The van der Waals surface area contributed by atoms with Gasteiger partial charge in [0.2, 0.25) is 0 Å². The highest BCUT2D eigenvalue weighted by atomic mass is 19.4. The molecule has 5 aromatic rings. The summed E-state index contributed by atoms with van der Waals surface area (Å²) in [7, 11) is 3.20. The number of ether oxygens (including phenoxy) is 2. The second kappa shape index (κ2) is 13.1. The molecule has 7 rings (SSSR count). The van der Waals surface area contributed by atoms with Crippen molar-refractivity contribution in [2.45, 2.75) is 51.2 Å². The number of carbonyl (C=O) groups is 1. The predicted molar refractivity (Wildman–Crippen MR) is 185 cm³/mol. The highest BCUT2D eigenvalue weighted by Crippen LogP contribution is 2.45. The number of halogens is 3. The number of aromatic nitrogens is 3. The molecule has 11 heteroatoms. The van der Waals surface area contributed by atoms with Gasteiger partial charge < -0.3 is 9.47 Å². The van der Waals surface area contributed by atoms with Gasteiger partial charge in [0.05, 0.1) is 31.7 Å². The lowest BCUT2D eigenvalue weighted by atomic mass is 9.77. The molecule has 0 radical (unpaired) electrons. The molecule has 0 unspecified atom stereocenters. The zero-order chi connectivity index (χ0) is 35.2. The van der Waals surface area contributed by atoms with E-state index >= 15 is 0 Å². The fourth-order valence-electron chi connectivity index (χ4n) is 6.79. The Labute approximate surface area is 287 Å². The highest BCUT2D eigenvalue weighted by Gasteiger charge is 2.45. The van der Waals surface area contributed by atoms with Crippen molar-refractivity contribution in [2.24, 2.45) is 11.0 Å². The van der Waals surface area contributed by atoms with Crippen molar-refractivity contribution < 1.29 is 27.4 Å². The zero-order valence-corrected chi connectivity index (χ0v) is 28.1. The minimum Gasteiger partial charge on any atom is -0.497 e. The standard InChI is InChI=1S/C39H36F3N5O3/c1-23(2)25-10-12-26(13-11-25)32-21-34(39(40,41)42)46-35(43-32)22-33(44-46)38(48)47-37(27-14-18-30(50-4)19-15-27)31-7-5-6-28(36(31)45-47)20-24-8-16-29(49-3)17-9-24/h8-23,31,37H,5-7H2,1-4H3/b28-20-/t31-,37-/m1/s1. The van der Waals surface area contributed by atoms with Gasteiger partial charge in [0, 0.05) is 17.5 Å². The number of nitrogens with zero attached hydrogens (tertiary/aromatic N) is 5. The Morgan fingerprint density at radius 3 is 2.20 bits per heavy atom. The third-order valence-electron chi connectivity index (χ3n) is 9.43. The minimum absolute atomic E-state index is 0.0866. The summed E-state index contributed by atoms with van der Waals surface area (Å²) >= 11 is 0. The molecular formula is C39H36F3N5O3. The van der Waals surface area contributed by atoms with Crippen LogP contribution < -0.4 is 9.47 Å². The monoisotopic (exact) mass is 679 g/mol. The van der Waals surface area contributed by atoms with Crippen LogP contribution in [0.3, 0.4) is 0 Å². The van der Waals surface area contributed by atoms with Crippen molar-refractivity contribution in [1.29, 1.82) is 0 Å². The molecule has 0 spiro atoms. The number of rotatable bonds is 7. The van der Waals surface area contributed by atoms with Crippen LogP contribution in [-0.4, -0.2) is 45.4 Å². The number of fused-ring (bicyclic) bond motifs is 2. The summed E-state index contributed by atoms with van der Waals surface area (Å²) in [4.78, 5) is 18.9. The van der Waals surface area contributed by atoms with Gasteiger partial charge >= 0.3 is 6.18 Å². The average molecular weight is 680 g/mol. The number of hydrogen-bond donors (Lipinski definition) is 0. The number of hydrogen-bond acceptors (Lipinski definition) is 6. The van der Waals surface area contributed by atoms with E-state index in [1.807, 2.05) is 74.5 Å². The maximum atomic E-state index is 14.5. The number of allylic oxidation sites excluding steroid dienone is 1. The van der Waals surface area contributed by atoms with Gasteiger partial charge in [-0.25, -0.2) is 14.5 Å². The van der Waals surface area contributed by atoms with Crippen LogP contribution in [0, 0.1) is 5.92 Å². The smallest absolute Gasteiger partial charge is 0.433 e. The number of alkyl halides is 3. The molecule has 1 saturated carbocycles. The first-order valence-electron chi connectivity index (χ1n) is 16.5.